The molecule has 0 saturated carbocycles. The monoisotopic (exact) mass is 511 g/mol. The highest BCUT2D eigenvalue weighted by Gasteiger charge is 2.20. The predicted octanol–water partition coefficient (Wildman–Crippen LogP) is 4.96. The van der Waals surface area contributed by atoms with E-state index in [1.807, 2.05) is 65.2 Å². The van der Waals surface area contributed by atoms with Crippen LogP contribution in [0.1, 0.15) is 28.4 Å². The molecule has 1 heterocycles. The van der Waals surface area contributed by atoms with Gasteiger partial charge in [0, 0.05) is 14.8 Å². The molecule has 0 aliphatic carbocycles. The number of aliphatic carboxylic acids is 1. The van der Waals surface area contributed by atoms with Crippen LogP contribution in [0.4, 0.5) is 5.69 Å². The van der Waals surface area contributed by atoms with E-state index in [0.29, 0.717) is 11.3 Å². The van der Waals surface area contributed by atoms with Gasteiger partial charge in [0.2, 0.25) is 0 Å². The van der Waals surface area contributed by atoms with Crippen LogP contribution in [0.5, 0.6) is 0 Å². The Morgan fingerprint density at radius 1 is 1.03 bits per heavy atom. The minimum absolute atomic E-state index is 0.0749. The Balaban J connectivity index is 1.70. The van der Waals surface area contributed by atoms with Crippen LogP contribution in [0.15, 0.2) is 79.1 Å². The average molecular weight is 511 g/mol. The zero-order valence-electron chi connectivity index (χ0n) is 15.8. The van der Waals surface area contributed by atoms with Gasteiger partial charge in [-0.2, -0.15) is 0 Å². The molecule has 30 heavy (non-hydrogen) atoms. The summed E-state index contributed by atoms with van der Waals surface area (Å²) in [5.41, 5.74) is 3.56. The van der Waals surface area contributed by atoms with E-state index in [2.05, 4.69) is 32.9 Å². The molecule has 4 rings (SSSR count). The van der Waals surface area contributed by atoms with Crippen LogP contribution in [-0.2, 0) is 4.79 Å². The maximum Gasteiger partial charge on any atom is 0.305 e. The number of hydrogen-bond donors (Lipinski definition) is 2. The molecule has 4 aromatic rings. The first kappa shape index (κ1) is 20.1. The van der Waals surface area contributed by atoms with Crippen molar-refractivity contribution in [2.24, 2.45) is 0 Å². The van der Waals surface area contributed by atoms with E-state index in [9.17, 15) is 14.7 Å². The number of nitrogens with zero attached hydrogens (tertiary/aromatic N) is 2. The van der Waals surface area contributed by atoms with E-state index in [0.717, 1.165) is 20.2 Å². The fourth-order valence-electron chi connectivity index (χ4n) is 3.40. The van der Waals surface area contributed by atoms with Crippen molar-refractivity contribution < 1.29 is 14.7 Å². The first-order chi connectivity index (χ1) is 14.5. The lowest BCUT2D eigenvalue weighted by molar-refractivity contribution is -0.137. The Kier molecular flexibility index (Phi) is 5.80. The summed E-state index contributed by atoms with van der Waals surface area (Å²) in [5, 5.41) is 12.4. The van der Waals surface area contributed by atoms with Crippen molar-refractivity contribution in [3.63, 3.8) is 0 Å². The number of carbonyl (C=O) groups excluding carboxylic acids is 1. The fourth-order valence-corrected chi connectivity index (χ4v) is 3.95. The number of hydrogen-bond acceptors (Lipinski definition) is 3. The Bertz CT molecular complexity index is 1220. The Hall–Kier alpha value is -3.20. The molecule has 0 spiro atoms. The van der Waals surface area contributed by atoms with Gasteiger partial charge < -0.3 is 15.0 Å². The molecule has 0 fully saturated rings. The first-order valence-corrected chi connectivity index (χ1v) is 10.4. The van der Waals surface area contributed by atoms with E-state index >= 15 is 0 Å². The summed E-state index contributed by atoms with van der Waals surface area (Å²) in [4.78, 5) is 28.6. The van der Waals surface area contributed by atoms with Crippen molar-refractivity contribution in [1.82, 2.24) is 9.55 Å². The van der Waals surface area contributed by atoms with E-state index in [1.165, 1.54) is 0 Å². The second-order valence-electron chi connectivity index (χ2n) is 6.84. The second kappa shape index (κ2) is 8.66. The third kappa shape index (κ3) is 4.35. The van der Waals surface area contributed by atoms with Gasteiger partial charge in [-0.3, -0.25) is 9.59 Å². The van der Waals surface area contributed by atoms with Gasteiger partial charge in [0.25, 0.3) is 5.91 Å². The van der Waals surface area contributed by atoms with E-state index in [4.69, 9.17) is 0 Å². The molecule has 7 heteroatoms. The molecule has 0 aliphatic rings. The summed E-state index contributed by atoms with van der Waals surface area (Å²) in [6, 6.07) is 21.8. The molecule has 0 aliphatic heterocycles. The zero-order chi connectivity index (χ0) is 21.1. The van der Waals surface area contributed by atoms with Crippen molar-refractivity contribution in [3.8, 4) is 0 Å². The number of anilines is 1. The van der Waals surface area contributed by atoms with Gasteiger partial charge in [-0.15, -0.1) is 0 Å². The molecule has 0 bridgehead atoms. The molecular formula is C23H18IN3O3. The molecule has 150 valence electrons. The summed E-state index contributed by atoms with van der Waals surface area (Å²) in [7, 11) is 0. The molecule has 0 radical (unpaired) electrons. The van der Waals surface area contributed by atoms with E-state index in [-0.39, 0.29) is 12.3 Å². The van der Waals surface area contributed by atoms with Gasteiger partial charge in [-0.1, -0.05) is 36.4 Å². The number of carboxylic acids is 1. The summed E-state index contributed by atoms with van der Waals surface area (Å²) in [6.07, 6.45) is 1.57. The van der Waals surface area contributed by atoms with Crippen LogP contribution < -0.4 is 5.32 Å². The van der Waals surface area contributed by atoms with Crippen LogP contribution in [0.2, 0.25) is 0 Å². The Morgan fingerprint density at radius 2 is 1.83 bits per heavy atom. The van der Waals surface area contributed by atoms with Crippen molar-refractivity contribution in [2.45, 2.75) is 12.5 Å². The molecule has 2 N–H and O–H groups in total. The Morgan fingerprint density at radius 3 is 2.57 bits per heavy atom. The lowest BCUT2D eigenvalue weighted by Crippen LogP contribution is -2.15. The minimum atomic E-state index is -0.895. The highest BCUT2D eigenvalue weighted by molar-refractivity contribution is 14.1. The molecular weight excluding hydrogens is 493 g/mol. The number of benzene rings is 3. The van der Waals surface area contributed by atoms with Gasteiger partial charge in [0.15, 0.2) is 0 Å². The van der Waals surface area contributed by atoms with Gasteiger partial charge in [0.1, 0.15) is 0 Å². The number of halogens is 1. The lowest BCUT2D eigenvalue weighted by atomic mass is 10.0. The second-order valence-corrected chi connectivity index (χ2v) is 8.09. The van der Waals surface area contributed by atoms with Crippen LogP contribution in [-0.4, -0.2) is 26.5 Å². The number of rotatable bonds is 6. The number of nitrogens with one attached hydrogen (secondary N) is 1. The Labute approximate surface area is 186 Å². The lowest BCUT2D eigenvalue weighted by Gasteiger charge is -2.18. The maximum atomic E-state index is 12.6. The van der Waals surface area contributed by atoms with Crippen molar-refractivity contribution >= 4 is 51.2 Å². The summed E-state index contributed by atoms with van der Waals surface area (Å²) >= 11 is 2.17. The number of aromatic nitrogens is 2. The minimum Gasteiger partial charge on any atom is -0.481 e. The quantitative estimate of drug-likeness (QED) is 0.359. The van der Waals surface area contributed by atoms with Crippen LogP contribution in [0, 0.1) is 3.57 Å². The molecule has 1 atom stereocenters. The zero-order valence-corrected chi connectivity index (χ0v) is 18.0. The fraction of sp³-hybridized carbons (Fsp3) is 0.0870. The van der Waals surface area contributed by atoms with E-state index in [1.54, 1.807) is 18.5 Å². The average Bonchev–Trinajstić information content (AvgIpc) is 3.15. The SMILES string of the molecule is O=C(O)CC(c1ccccc1)n1cnc2ccc(NC(=O)c3cccc(I)c3)cc21. The number of carbonyl (C=O) groups is 2. The predicted molar refractivity (Wildman–Crippen MR) is 124 cm³/mol. The summed E-state index contributed by atoms with van der Waals surface area (Å²) < 4.78 is 2.83. The van der Waals surface area contributed by atoms with Crippen molar-refractivity contribution in [2.75, 3.05) is 5.32 Å². The molecule has 1 unspecified atom stereocenters. The molecule has 3 aromatic carbocycles. The third-order valence-electron chi connectivity index (χ3n) is 4.81. The smallest absolute Gasteiger partial charge is 0.305 e. The third-order valence-corrected chi connectivity index (χ3v) is 5.48. The van der Waals surface area contributed by atoms with Crippen LogP contribution in [0.3, 0.4) is 0 Å². The number of fused-ring (bicyclic) bond motifs is 1. The molecule has 0 saturated heterocycles. The standard InChI is InChI=1S/C23H18IN3O3/c24-17-8-4-7-16(11-17)23(30)26-18-9-10-19-21(12-18)27(14-25-19)20(13-22(28)29)15-5-2-1-3-6-15/h1-12,14,20H,13H2,(H,26,30)(H,28,29). The highest BCUT2D eigenvalue weighted by atomic mass is 127. The normalized spacial score (nSPS) is 11.9. The van der Waals surface area contributed by atoms with E-state index < -0.39 is 12.0 Å². The van der Waals surface area contributed by atoms with Crippen LogP contribution in [0.25, 0.3) is 11.0 Å². The van der Waals surface area contributed by atoms with Crippen molar-refractivity contribution in [1.29, 1.82) is 0 Å². The van der Waals surface area contributed by atoms with Gasteiger partial charge >= 0.3 is 5.97 Å². The van der Waals surface area contributed by atoms with Crippen molar-refractivity contribution in [3.05, 3.63) is 93.8 Å². The topological polar surface area (TPSA) is 84.2 Å². The first-order valence-electron chi connectivity index (χ1n) is 9.31. The number of imidazole rings is 1. The van der Waals surface area contributed by atoms with Gasteiger partial charge in [0.05, 0.1) is 29.8 Å². The summed E-state index contributed by atoms with van der Waals surface area (Å²) in [6.45, 7) is 0. The van der Waals surface area contributed by atoms with Gasteiger partial charge in [-0.25, -0.2) is 4.98 Å². The molecule has 1 aromatic heterocycles. The molecule has 1 amide bonds. The number of carboxylic acid groups (broad SMARTS) is 1. The maximum absolute atomic E-state index is 12.6. The summed E-state index contributed by atoms with van der Waals surface area (Å²) in [5.74, 6) is -1.10. The van der Waals surface area contributed by atoms with Crippen LogP contribution >= 0.6 is 22.6 Å². The molecule has 6 nitrogen and oxygen atoms in total. The number of amides is 1. The highest BCUT2D eigenvalue weighted by Crippen LogP contribution is 2.28. The largest absolute Gasteiger partial charge is 0.481 e. The van der Waals surface area contributed by atoms with Gasteiger partial charge in [-0.05, 0) is 64.6 Å².